The Morgan fingerprint density at radius 1 is 0.852 bits per heavy atom. The number of rotatable bonds is 5. The molecule has 3 rings (SSSR count). The van der Waals surface area contributed by atoms with Crippen LogP contribution in [0.25, 0.3) is 0 Å². The molecule has 1 unspecified atom stereocenters. The van der Waals surface area contributed by atoms with Gasteiger partial charge in [0.05, 0.1) is 6.04 Å². The Morgan fingerprint density at radius 2 is 1.30 bits per heavy atom. The first-order valence-electron chi connectivity index (χ1n) is 8.57. The highest BCUT2D eigenvalue weighted by Crippen LogP contribution is 2.31. The number of carbonyl (C=O) groups is 1. The summed E-state index contributed by atoms with van der Waals surface area (Å²) in [6.07, 6.45) is 0. The van der Waals surface area contributed by atoms with E-state index >= 15 is 0 Å². The SMILES string of the molecule is CCN(C(=O)c1ccc(I)cc1)C(c1ccc(Br)cc1)c1ccc(I)cc1. The molecule has 27 heavy (non-hydrogen) atoms. The second-order valence-electron chi connectivity index (χ2n) is 6.10. The third-order valence-corrected chi connectivity index (χ3v) is 6.34. The molecule has 0 aliphatic rings. The van der Waals surface area contributed by atoms with Crippen molar-refractivity contribution in [2.24, 2.45) is 0 Å². The minimum Gasteiger partial charge on any atom is -0.328 e. The molecule has 5 heteroatoms. The van der Waals surface area contributed by atoms with Crippen LogP contribution in [0, 0.1) is 7.14 Å². The smallest absolute Gasteiger partial charge is 0.254 e. The molecule has 1 amide bonds. The van der Waals surface area contributed by atoms with E-state index in [9.17, 15) is 4.79 Å². The summed E-state index contributed by atoms with van der Waals surface area (Å²) < 4.78 is 3.33. The van der Waals surface area contributed by atoms with Crippen molar-refractivity contribution in [3.63, 3.8) is 0 Å². The predicted molar refractivity (Wildman–Crippen MR) is 131 cm³/mol. The summed E-state index contributed by atoms with van der Waals surface area (Å²) in [5, 5.41) is 0. The summed E-state index contributed by atoms with van der Waals surface area (Å²) in [6.45, 7) is 2.65. The maximum Gasteiger partial charge on any atom is 0.254 e. The van der Waals surface area contributed by atoms with Crippen LogP contribution in [0.2, 0.25) is 0 Å². The van der Waals surface area contributed by atoms with Gasteiger partial charge >= 0.3 is 0 Å². The van der Waals surface area contributed by atoms with E-state index in [0.29, 0.717) is 12.1 Å². The van der Waals surface area contributed by atoms with Gasteiger partial charge in [-0.25, -0.2) is 0 Å². The minimum absolute atomic E-state index is 0.0420. The second-order valence-corrected chi connectivity index (χ2v) is 9.51. The molecule has 2 nitrogen and oxygen atoms in total. The average Bonchev–Trinajstić information content (AvgIpc) is 2.68. The van der Waals surface area contributed by atoms with E-state index in [-0.39, 0.29) is 11.9 Å². The third-order valence-electron chi connectivity index (χ3n) is 4.38. The van der Waals surface area contributed by atoms with Gasteiger partial charge in [-0.1, -0.05) is 40.2 Å². The fourth-order valence-corrected chi connectivity index (χ4v) is 4.03. The molecule has 0 saturated heterocycles. The van der Waals surface area contributed by atoms with Crippen LogP contribution in [-0.2, 0) is 0 Å². The lowest BCUT2D eigenvalue weighted by Crippen LogP contribution is -2.35. The quantitative estimate of drug-likeness (QED) is 0.276. The summed E-state index contributed by atoms with van der Waals surface area (Å²) in [7, 11) is 0. The van der Waals surface area contributed by atoms with Gasteiger partial charge in [0.2, 0.25) is 0 Å². The van der Waals surface area contributed by atoms with Crippen LogP contribution in [0.15, 0.2) is 77.3 Å². The van der Waals surface area contributed by atoms with Gasteiger partial charge in [0.15, 0.2) is 0 Å². The van der Waals surface area contributed by atoms with Gasteiger partial charge < -0.3 is 4.90 Å². The zero-order valence-electron chi connectivity index (χ0n) is 14.7. The van der Waals surface area contributed by atoms with Gasteiger partial charge in [0.1, 0.15) is 0 Å². The van der Waals surface area contributed by atoms with Crippen LogP contribution in [-0.4, -0.2) is 17.4 Å². The number of amides is 1. The molecule has 3 aromatic rings. The van der Waals surface area contributed by atoms with Gasteiger partial charge in [-0.3, -0.25) is 4.79 Å². The fraction of sp³-hybridized carbons (Fsp3) is 0.136. The number of halogens is 3. The Kier molecular flexibility index (Phi) is 7.33. The number of hydrogen-bond acceptors (Lipinski definition) is 1. The highest BCUT2D eigenvalue weighted by atomic mass is 127. The predicted octanol–water partition coefficient (Wildman–Crippen LogP) is 6.91. The van der Waals surface area contributed by atoms with Crippen molar-refractivity contribution in [1.82, 2.24) is 4.90 Å². The van der Waals surface area contributed by atoms with Crippen LogP contribution in [0.1, 0.15) is 34.5 Å². The van der Waals surface area contributed by atoms with E-state index in [4.69, 9.17) is 0 Å². The Morgan fingerprint density at radius 3 is 1.78 bits per heavy atom. The van der Waals surface area contributed by atoms with Gasteiger partial charge in [-0.15, -0.1) is 0 Å². The summed E-state index contributed by atoms with van der Waals surface area (Å²) in [4.78, 5) is 15.3. The number of benzene rings is 3. The third kappa shape index (κ3) is 5.12. The Hall–Kier alpha value is -0.930. The first-order valence-corrected chi connectivity index (χ1v) is 11.5. The Balaban J connectivity index is 2.06. The molecule has 0 aromatic heterocycles. The van der Waals surface area contributed by atoms with Crippen molar-refractivity contribution < 1.29 is 4.79 Å². The van der Waals surface area contributed by atoms with Crippen LogP contribution in [0.3, 0.4) is 0 Å². The summed E-state index contributed by atoms with van der Waals surface area (Å²) in [6, 6.07) is 24.2. The summed E-state index contributed by atoms with van der Waals surface area (Å²) in [5.74, 6) is 0.0420. The number of hydrogen-bond donors (Lipinski definition) is 0. The van der Waals surface area contributed by atoms with E-state index in [2.05, 4.69) is 97.5 Å². The normalized spacial score (nSPS) is 11.9. The fourth-order valence-electron chi connectivity index (χ4n) is 3.04. The first kappa shape index (κ1) is 20.8. The van der Waals surface area contributed by atoms with E-state index in [0.717, 1.165) is 19.2 Å². The molecule has 0 spiro atoms. The molecule has 0 saturated carbocycles. The number of carbonyl (C=O) groups excluding carboxylic acids is 1. The van der Waals surface area contributed by atoms with Gasteiger partial charge in [-0.2, -0.15) is 0 Å². The zero-order valence-corrected chi connectivity index (χ0v) is 20.6. The summed E-state index contributed by atoms with van der Waals surface area (Å²) >= 11 is 8.06. The van der Waals surface area contributed by atoms with Gasteiger partial charge in [0, 0.05) is 23.7 Å². The van der Waals surface area contributed by atoms with Crippen molar-refractivity contribution in [1.29, 1.82) is 0 Å². The molecule has 0 aliphatic heterocycles. The van der Waals surface area contributed by atoms with Crippen molar-refractivity contribution in [3.8, 4) is 0 Å². The van der Waals surface area contributed by atoms with Crippen LogP contribution < -0.4 is 0 Å². The van der Waals surface area contributed by atoms with Crippen molar-refractivity contribution >= 4 is 67.0 Å². The Bertz CT molecular complexity index is 863. The topological polar surface area (TPSA) is 20.3 Å². The molecule has 0 aliphatic carbocycles. The lowest BCUT2D eigenvalue weighted by Gasteiger charge is -2.32. The average molecular weight is 646 g/mol. The maximum atomic E-state index is 13.3. The molecule has 0 radical (unpaired) electrons. The molecule has 0 N–H and O–H groups in total. The largest absolute Gasteiger partial charge is 0.328 e. The standard InChI is InChI=1S/C22H18BrI2NO/c1-2-26(22(27)17-7-13-20(25)14-8-17)21(15-3-9-18(23)10-4-15)16-5-11-19(24)12-6-16/h3-14,21H,2H2,1H3. The molecule has 0 bridgehead atoms. The van der Waals surface area contributed by atoms with Crippen molar-refractivity contribution in [3.05, 3.63) is 101 Å². The molecule has 0 heterocycles. The molecule has 3 aromatic carbocycles. The van der Waals surface area contributed by atoms with E-state index < -0.39 is 0 Å². The molecular weight excluding hydrogens is 628 g/mol. The van der Waals surface area contributed by atoms with E-state index in [1.807, 2.05) is 48.2 Å². The van der Waals surface area contributed by atoms with E-state index in [1.165, 1.54) is 3.57 Å². The minimum atomic E-state index is -0.133. The number of nitrogens with zero attached hydrogens (tertiary/aromatic N) is 1. The highest BCUT2D eigenvalue weighted by Gasteiger charge is 2.26. The molecule has 0 fully saturated rings. The lowest BCUT2D eigenvalue weighted by atomic mass is 9.96. The molecule has 138 valence electrons. The van der Waals surface area contributed by atoms with Gasteiger partial charge in [-0.05, 0) is 112 Å². The van der Waals surface area contributed by atoms with E-state index in [1.54, 1.807) is 0 Å². The highest BCUT2D eigenvalue weighted by molar-refractivity contribution is 14.1. The van der Waals surface area contributed by atoms with Crippen LogP contribution in [0.4, 0.5) is 0 Å². The monoisotopic (exact) mass is 645 g/mol. The van der Waals surface area contributed by atoms with Crippen LogP contribution >= 0.6 is 61.1 Å². The van der Waals surface area contributed by atoms with Crippen molar-refractivity contribution in [2.45, 2.75) is 13.0 Å². The first-order chi connectivity index (χ1) is 13.0. The maximum absolute atomic E-state index is 13.3. The summed E-state index contributed by atoms with van der Waals surface area (Å²) in [5.41, 5.74) is 2.92. The molecular formula is C22H18BrI2NO. The zero-order chi connectivity index (χ0) is 19.4. The molecule has 1 atom stereocenters. The lowest BCUT2D eigenvalue weighted by molar-refractivity contribution is 0.0717. The van der Waals surface area contributed by atoms with Gasteiger partial charge in [0.25, 0.3) is 5.91 Å². The van der Waals surface area contributed by atoms with Crippen LogP contribution in [0.5, 0.6) is 0 Å². The Labute approximate surface area is 195 Å². The van der Waals surface area contributed by atoms with Crippen molar-refractivity contribution in [2.75, 3.05) is 6.54 Å². The second kappa shape index (κ2) is 9.52.